The highest BCUT2D eigenvalue weighted by atomic mass is 19.3. The van der Waals surface area contributed by atoms with Gasteiger partial charge in [-0.1, -0.05) is 38.2 Å². The van der Waals surface area contributed by atoms with Gasteiger partial charge in [0, 0.05) is 11.1 Å². The van der Waals surface area contributed by atoms with E-state index in [0.717, 1.165) is 12.8 Å². The molecule has 0 aromatic heterocycles. The third-order valence-corrected chi connectivity index (χ3v) is 1.57. The van der Waals surface area contributed by atoms with E-state index >= 15 is 0 Å². The zero-order valence-corrected chi connectivity index (χ0v) is 8.17. The molecule has 0 spiro atoms. The summed E-state index contributed by atoms with van der Waals surface area (Å²) in [5.74, 6) is 0. The van der Waals surface area contributed by atoms with E-state index in [1.165, 1.54) is 12.2 Å². The van der Waals surface area contributed by atoms with Crippen molar-refractivity contribution in [3.05, 3.63) is 36.0 Å². The molecule has 0 atom stereocenters. The van der Waals surface area contributed by atoms with Gasteiger partial charge >= 0.3 is 0 Å². The maximum absolute atomic E-state index is 12.0. The molecule has 0 radical (unpaired) electrons. The third kappa shape index (κ3) is 5.41. The first kappa shape index (κ1) is 12.8. The second-order valence-electron chi connectivity index (χ2n) is 2.82. The van der Waals surface area contributed by atoms with Gasteiger partial charge in [0.25, 0.3) is 6.43 Å². The van der Waals surface area contributed by atoms with Gasteiger partial charge in [0.2, 0.25) is 0 Å². The maximum atomic E-state index is 12.0. The van der Waals surface area contributed by atoms with E-state index in [0.29, 0.717) is 11.9 Å². The van der Waals surface area contributed by atoms with Gasteiger partial charge in [-0.05, 0) is 6.42 Å². The number of hydrogen-bond acceptors (Lipinski definition) is 1. The van der Waals surface area contributed by atoms with Crippen LogP contribution < -0.4 is 0 Å². The quantitative estimate of drug-likeness (QED) is 0.365. The van der Waals surface area contributed by atoms with Gasteiger partial charge in [-0.3, -0.25) is 4.79 Å². The Morgan fingerprint density at radius 2 is 2.07 bits per heavy atom. The highest BCUT2D eigenvalue weighted by Crippen LogP contribution is 2.08. The molecule has 0 aliphatic rings. The van der Waals surface area contributed by atoms with Crippen LogP contribution in [0.1, 0.15) is 19.8 Å². The van der Waals surface area contributed by atoms with Crippen molar-refractivity contribution in [3.63, 3.8) is 0 Å². The number of carbonyl (C=O) groups excluding carboxylic acids is 1. The van der Waals surface area contributed by atoms with Crippen LogP contribution in [0.3, 0.4) is 0 Å². The highest BCUT2D eigenvalue weighted by molar-refractivity contribution is 5.77. The molecule has 3 heteroatoms. The zero-order chi connectivity index (χ0) is 11.0. The first-order valence-corrected chi connectivity index (χ1v) is 4.42. The molecule has 0 saturated heterocycles. The van der Waals surface area contributed by atoms with Crippen molar-refractivity contribution in [2.45, 2.75) is 26.2 Å². The number of hydrogen-bond donors (Lipinski definition) is 0. The van der Waals surface area contributed by atoms with Crippen molar-refractivity contribution < 1.29 is 13.6 Å². The van der Waals surface area contributed by atoms with E-state index in [-0.39, 0.29) is 5.57 Å². The standard InChI is InChI=1S/C11H14F2O/c1-3-4-5-10(8-14)7-6-9(2)11(12)13/h5-8,11H,2-4H2,1H3/b7-6-,10-5+. The summed E-state index contributed by atoms with van der Waals surface area (Å²) in [5.41, 5.74) is 0.128. The molecule has 0 heterocycles. The number of alkyl halides is 2. The molecule has 0 saturated carbocycles. The summed E-state index contributed by atoms with van der Waals surface area (Å²) in [7, 11) is 0. The van der Waals surface area contributed by atoms with Crippen LogP contribution in [-0.2, 0) is 4.79 Å². The first-order valence-electron chi connectivity index (χ1n) is 4.42. The van der Waals surface area contributed by atoms with Gasteiger partial charge in [0.05, 0.1) is 0 Å². The lowest BCUT2D eigenvalue weighted by molar-refractivity contribution is -0.104. The van der Waals surface area contributed by atoms with E-state index in [9.17, 15) is 13.6 Å². The molecule has 0 aliphatic heterocycles. The molecule has 0 rings (SSSR count). The van der Waals surface area contributed by atoms with Crippen LogP contribution in [0.25, 0.3) is 0 Å². The summed E-state index contributed by atoms with van der Waals surface area (Å²) in [4.78, 5) is 10.5. The minimum Gasteiger partial charge on any atom is -0.298 e. The van der Waals surface area contributed by atoms with Crippen LogP contribution in [0, 0.1) is 0 Å². The lowest BCUT2D eigenvalue weighted by Crippen LogP contribution is -1.91. The zero-order valence-electron chi connectivity index (χ0n) is 8.17. The van der Waals surface area contributed by atoms with Gasteiger partial charge in [-0.2, -0.15) is 0 Å². The predicted molar refractivity (Wildman–Crippen MR) is 53.3 cm³/mol. The molecule has 1 nitrogen and oxygen atoms in total. The lowest BCUT2D eigenvalue weighted by Gasteiger charge is -1.95. The topological polar surface area (TPSA) is 17.1 Å². The van der Waals surface area contributed by atoms with Crippen molar-refractivity contribution in [1.82, 2.24) is 0 Å². The molecule has 0 aromatic rings. The summed E-state index contributed by atoms with van der Waals surface area (Å²) in [5, 5.41) is 0. The molecule has 0 bridgehead atoms. The Bertz CT molecular complexity index is 252. The van der Waals surface area contributed by atoms with Crippen LogP contribution >= 0.6 is 0 Å². The van der Waals surface area contributed by atoms with Crippen molar-refractivity contribution in [2.75, 3.05) is 0 Å². The molecule has 0 fully saturated rings. The maximum Gasteiger partial charge on any atom is 0.263 e. The molecule has 14 heavy (non-hydrogen) atoms. The number of unbranched alkanes of at least 4 members (excludes halogenated alkanes) is 1. The van der Waals surface area contributed by atoms with Crippen LogP contribution in [-0.4, -0.2) is 12.7 Å². The van der Waals surface area contributed by atoms with Crippen molar-refractivity contribution in [3.8, 4) is 0 Å². The molecule has 0 aliphatic carbocycles. The Morgan fingerprint density at radius 3 is 2.50 bits per heavy atom. The molecule has 0 amide bonds. The van der Waals surface area contributed by atoms with E-state index in [1.807, 2.05) is 6.92 Å². The van der Waals surface area contributed by atoms with Crippen LogP contribution in [0.4, 0.5) is 8.78 Å². The fourth-order valence-corrected chi connectivity index (χ4v) is 0.742. The normalized spacial score (nSPS) is 12.4. The summed E-state index contributed by atoms with van der Waals surface area (Å²) < 4.78 is 24.0. The average Bonchev–Trinajstić information content (AvgIpc) is 2.17. The SMILES string of the molecule is C=C(/C=C\C(C=O)=C/CCC)C(F)F. The summed E-state index contributed by atoms with van der Waals surface area (Å²) in [6.07, 6.45) is 4.00. The summed E-state index contributed by atoms with van der Waals surface area (Å²) in [6.45, 7) is 5.13. The average molecular weight is 200 g/mol. The second-order valence-corrected chi connectivity index (χ2v) is 2.82. The van der Waals surface area contributed by atoms with E-state index in [2.05, 4.69) is 6.58 Å². The number of allylic oxidation sites excluding steroid dienone is 5. The molecule has 78 valence electrons. The van der Waals surface area contributed by atoms with E-state index in [1.54, 1.807) is 6.08 Å². The second kappa shape index (κ2) is 7.18. The predicted octanol–water partition coefficient (Wildman–Crippen LogP) is 3.29. The minimum atomic E-state index is -2.56. The Kier molecular flexibility index (Phi) is 6.54. The fraction of sp³-hybridized carbons (Fsp3) is 0.364. The monoisotopic (exact) mass is 200 g/mol. The van der Waals surface area contributed by atoms with Crippen LogP contribution in [0.2, 0.25) is 0 Å². The largest absolute Gasteiger partial charge is 0.298 e. The van der Waals surface area contributed by atoms with Gasteiger partial charge < -0.3 is 0 Å². The van der Waals surface area contributed by atoms with Crippen molar-refractivity contribution in [2.24, 2.45) is 0 Å². The molecule has 0 unspecified atom stereocenters. The fourth-order valence-electron chi connectivity index (χ4n) is 0.742. The number of carbonyl (C=O) groups is 1. The number of rotatable bonds is 6. The van der Waals surface area contributed by atoms with Gasteiger partial charge in [-0.15, -0.1) is 0 Å². The summed E-state index contributed by atoms with van der Waals surface area (Å²) in [6, 6.07) is 0. The lowest BCUT2D eigenvalue weighted by atomic mass is 10.1. The van der Waals surface area contributed by atoms with Crippen LogP contribution in [0.15, 0.2) is 36.0 Å². The Labute approximate surface area is 82.8 Å². The Hall–Kier alpha value is -1.25. The van der Waals surface area contributed by atoms with Gasteiger partial charge in [0.1, 0.15) is 6.29 Å². The third-order valence-electron chi connectivity index (χ3n) is 1.57. The minimum absolute atomic E-state index is 0.283. The number of halogens is 2. The Morgan fingerprint density at radius 1 is 1.43 bits per heavy atom. The number of aldehydes is 1. The van der Waals surface area contributed by atoms with Crippen molar-refractivity contribution in [1.29, 1.82) is 0 Å². The van der Waals surface area contributed by atoms with Crippen molar-refractivity contribution >= 4 is 6.29 Å². The summed E-state index contributed by atoms with van der Waals surface area (Å²) >= 11 is 0. The van der Waals surface area contributed by atoms with Gasteiger partial charge in [-0.25, -0.2) is 8.78 Å². The molecular formula is C11H14F2O. The smallest absolute Gasteiger partial charge is 0.263 e. The van der Waals surface area contributed by atoms with Crippen LogP contribution in [0.5, 0.6) is 0 Å². The van der Waals surface area contributed by atoms with E-state index in [4.69, 9.17) is 0 Å². The first-order chi connectivity index (χ1) is 6.61. The highest BCUT2D eigenvalue weighted by Gasteiger charge is 2.03. The Balaban J connectivity index is 4.31. The van der Waals surface area contributed by atoms with E-state index < -0.39 is 6.43 Å². The molecular weight excluding hydrogens is 186 g/mol. The molecule has 0 N–H and O–H groups in total. The molecule has 0 aromatic carbocycles. The van der Waals surface area contributed by atoms with Gasteiger partial charge in [0.15, 0.2) is 0 Å².